The molecule has 0 aromatic carbocycles. The van der Waals surface area contributed by atoms with Crippen molar-refractivity contribution in [3.8, 4) is 0 Å². The van der Waals surface area contributed by atoms with Crippen LogP contribution in [0.25, 0.3) is 0 Å². The number of hydrogen-bond donors (Lipinski definition) is 4. The number of carbonyl (C=O) groups is 1. The molecule has 4 N–H and O–H groups in total. The minimum Gasteiger partial charge on any atom is -0.476 e. The lowest BCUT2D eigenvalue weighted by molar-refractivity contribution is 0.0687. The molecule has 0 aliphatic rings. The Morgan fingerprint density at radius 1 is 1.59 bits per heavy atom. The van der Waals surface area contributed by atoms with E-state index in [-0.39, 0.29) is 0 Å². The minimum atomic E-state index is -4.04. The lowest BCUT2D eigenvalue weighted by Crippen LogP contribution is -2.34. The van der Waals surface area contributed by atoms with Gasteiger partial charge in [0.1, 0.15) is 0 Å². The van der Waals surface area contributed by atoms with E-state index in [0.717, 1.165) is 5.51 Å². The van der Waals surface area contributed by atoms with Gasteiger partial charge in [-0.2, -0.15) is 0 Å². The SMILES string of the molecule is O=C(O)c1ncsc1S(=O)(=O)NCC(O)CO. The van der Waals surface area contributed by atoms with E-state index in [0.29, 0.717) is 11.3 Å². The maximum atomic E-state index is 11.6. The van der Waals surface area contributed by atoms with Crippen LogP contribution in [0.3, 0.4) is 0 Å². The van der Waals surface area contributed by atoms with Crippen LogP contribution in [0.15, 0.2) is 9.72 Å². The second-order valence-corrected chi connectivity index (χ2v) is 5.80. The number of nitrogens with zero attached hydrogens (tertiary/aromatic N) is 1. The van der Waals surface area contributed by atoms with E-state index in [1.165, 1.54) is 0 Å². The third-order valence-corrected chi connectivity index (χ3v) is 4.49. The monoisotopic (exact) mass is 282 g/mol. The molecule has 0 amide bonds. The zero-order valence-corrected chi connectivity index (χ0v) is 10.0. The van der Waals surface area contributed by atoms with E-state index < -0.39 is 45.2 Å². The second-order valence-electron chi connectivity index (χ2n) is 2.98. The molecule has 0 aliphatic carbocycles. The van der Waals surface area contributed by atoms with Crippen molar-refractivity contribution in [3.63, 3.8) is 0 Å². The zero-order valence-electron chi connectivity index (χ0n) is 8.40. The number of hydrogen-bond acceptors (Lipinski definition) is 7. The smallest absolute Gasteiger partial charge is 0.356 e. The van der Waals surface area contributed by atoms with Gasteiger partial charge in [-0.25, -0.2) is 22.9 Å². The van der Waals surface area contributed by atoms with Crippen molar-refractivity contribution >= 4 is 27.3 Å². The first-order valence-electron chi connectivity index (χ1n) is 4.34. The van der Waals surface area contributed by atoms with Crippen LogP contribution in [0.2, 0.25) is 0 Å². The van der Waals surface area contributed by atoms with Gasteiger partial charge in [0.15, 0.2) is 9.90 Å². The fraction of sp³-hybridized carbons (Fsp3) is 0.429. The predicted octanol–water partition coefficient (Wildman–Crippen LogP) is -1.53. The van der Waals surface area contributed by atoms with Crippen molar-refractivity contribution in [1.29, 1.82) is 0 Å². The fourth-order valence-electron chi connectivity index (χ4n) is 0.905. The molecule has 10 heteroatoms. The molecule has 1 atom stereocenters. The van der Waals surface area contributed by atoms with Gasteiger partial charge < -0.3 is 15.3 Å². The summed E-state index contributed by atoms with van der Waals surface area (Å²) in [6.45, 7) is -1.01. The Balaban J connectivity index is 2.90. The lowest BCUT2D eigenvalue weighted by atomic mass is 10.4. The van der Waals surface area contributed by atoms with Crippen molar-refractivity contribution < 1.29 is 28.5 Å². The molecule has 1 aromatic heterocycles. The third kappa shape index (κ3) is 3.44. The Hall–Kier alpha value is -1.07. The Bertz CT molecular complexity index is 496. The summed E-state index contributed by atoms with van der Waals surface area (Å²) in [6.07, 6.45) is -1.24. The van der Waals surface area contributed by atoms with Crippen LogP contribution in [0.1, 0.15) is 10.5 Å². The van der Waals surface area contributed by atoms with E-state index in [9.17, 15) is 13.2 Å². The van der Waals surface area contributed by atoms with Crippen LogP contribution in [-0.4, -0.2) is 53.9 Å². The average Bonchev–Trinajstić information content (AvgIpc) is 2.75. The molecule has 17 heavy (non-hydrogen) atoms. The Morgan fingerprint density at radius 2 is 2.24 bits per heavy atom. The molecule has 0 bridgehead atoms. The Morgan fingerprint density at radius 3 is 2.76 bits per heavy atom. The molecular formula is C7H10N2O6S2. The summed E-state index contributed by atoms with van der Waals surface area (Å²) in [7, 11) is -4.04. The number of nitrogens with one attached hydrogen (secondary N) is 1. The van der Waals surface area contributed by atoms with Crippen LogP contribution in [0.5, 0.6) is 0 Å². The van der Waals surface area contributed by atoms with Gasteiger partial charge in [0, 0.05) is 6.54 Å². The largest absolute Gasteiger partial charge is 0.476 e. The lowest BCUT2D eigenvalue weighted by Gasteiger charge is -2.08. The van der Waals surface area contributed by atoms with Gasteiger partial charge in [-0.1, -0.05) is 0 Å². The highest BCUT2D eigenvalue weighted by molar-refractivity contribution is 7.91. The van der Waals surface area contributed by atoms with Crippen LogP contribution >= 0.6 is 11.3 Å². The summed E-state index contributed by atoms with van der Waals surface area (Å²) >= 11 is 0.658. The van der Waals surface area contributed by atoms with Gasteiger partial charge >= 0.3 is 5.97 Å². The van der Waals surface area contributed by atoms with E-state index >= 15 is 0 Å². The molecule has 0 aliphatic heterocycles. The number of sulfonamides is 1. The van der Waals surface area contributed by atoms with E-state index in [1.807, 2.05) is 4.72 Å². The highest BCUT2D eigenvalue weighted by Crippen LogP contribution is 2.19. The first-order chi connectivity index (χ1) is 7.88. The molecule has 1 rings (SSSR count). The van der Waals surface area contributed by atoms with Crippen molar-refractivity contribution in [2.45, 2.75) is 10.3 Å². The quantitative estimate of drug-likeness (QED) is 0.497. The highest BCUT2D eigenvalue weighted by Gasteiger charge is 2.25. The minimum absolute atomic E-state index is 0.407. The van der Waals surface area contributed by atoms with Crippen LogP contribution < -0.4 is 4.72 Å². The van der Waals surface area contributed by atoms with Crippen molar-refractivity contribution in [2.24, 2.45) is 0 Å². The number of aromatic nitrogens is 1. The van der Waals surface area contributed by atoms with Gasteiger partial charge in [0.25, 0.3) is 10.0 Å². The third-order valence-electron chi connectivity index (χ3n) is 1.70. The summed E-state index contributed by atoms with van der Waals surface area (Å²) in [5.74, 6) is -1.45. The molecule has 0 fully saturated rings. The summed E-state index contributed by atoms with van der Waals surface area (Å²) < 4.78 is 24.8. The van der Waals surface area contributed by atoms with Gasteiger partial charge in [0.05, 0.1) is 18.2 Å². The number of aliphatic hydroxyl groups is 2. The average molecular weight is 282 g/mol. The Kier molecular flexibility index (Phi) is 4.54. The molecule has 0 radical (unpaired) electrons. The molecular weight excluding hydrogens is 272 g/mol. The van der Waals surface area contributed by atoms with E-state index in [1.54, 1.807) is 0 Å². The summed E-state index contributed by atoms with van der Waals surface area (Å²) in [5.41, 5.74) is 0.529. The number of carboxylic acids is 1. The molecule has 0 spiro atoms. The van der Waals surface area contributed by atoms with Gasteiger partial charge in [0.2, 0.25) is 0 Å². The van der Waals surface area contributed by atoms with Gasteiger partial charge in [-0.3, -0.25) is 0 Å². The fourth-order valence-corrected chi connectivity index (χ4v) is 3.16. The summed E-state index contributed by atoms with van der Waals surface area (Å²) in [6, 6.07) is 0. The van der Waals surface area contributed by atoms with Crippen molar-refractivity contribution in [1.82, 2.24) is 9.71 Å². The maximum absolute atomic E-state index is 11.6. The molecule has 1 heterocycles. The van der Waals surface area contributed by atoms with Crippen molar-refractivity contribution in [2.75, 3.05) is 13.2 Å². The molecule has 1 aromatic rings. The molecule has 1 unspecified atom stereocenters. The second kappa shape index (κ2) is 5.51. The van der Waals surface area contributed by atoms with Gasteiger partial charge in [-0.15, -0.1) is 11.3 Å². The predicted molar refractivity (Wildman–Crippen MR) is 57.4 cm³/mol. The number of carboxylic acid groups (broad SMARTS) is 1. The summed E-state index contributed by atoms with van der Waals surface area (Å²) in [4.78, 5) is 14.1. The highest BCUT2D eigenvalue weighted by atomic mass is 32.2. The Labute approximate surface area is 101 Å². The molecule has 8 nitrogen and oxygen atoms in total. The molecule has 96 valence electrons. The summed E-state index contributed by atoms with van der Waals surface area (Å²) in [5, 5.41) is 26.2. The first-order valence-corrected chi connectivity index (χ1v) is 6.70. The van der Waals surface area contributed by atoms with Crippen molar-refractivity contribution in [3.05, 3.63) is 11.2 Å². The normalized spacial score (nSPS) is 13.5. The number of rotatable bonds is 6. The molecule has 0 saturated carbocycles. The zero-order chi connectivity index (χ0) is 13.1. The number of thiazole rings is 1. The first kappa shape index (κ1) is 14.0. The maximum Gasteiger partial charge on any atom is 0.356 e. The van der Waals surface area contributed by atoms with Crippen LogP contribution in [0.4, 0.5) is 0 Å². The van der Waals surface area contributed by atoms with Gasteiger partial charge in [-0.05, 0) is 0 Å². The van der Waals surface area contributed by atoms with Crippen LogP contribution in [-0.2, 0) is 10.0 Å². The topological polar surface area (TPSA) is 137 Å². The standard InChI is InChI=1S/C7H10N2O6S2/c10-2-4(11)1-9-17(14,15)7-5(6(12)13)8-3-16-7/h3-4,9-11H,1-2H2,(H,12,13). The van der Waals surface area contributed by atoms with Crippen LogP contribution in [0, 0.1) is 0 Å². The number of aromatic carboxylic acids is 1. The van der Waals surface area contributed by atoms with E-state index in [4.69, 9.17) is 15.3 Å². The van der Waals surface area contributed by atoms with E-state index in [2.05, 4.69) is 4.98 Å². The number of aliphatic hydroxyl groups excluding tert-OH is 2. The molecule has 0 saturated heterocycles.